The summed E-state index contributed by atoms with van der Waals surface area (Å²) in [6.07, 6.45) is -4.89. The fraction of sp³-hybridized carbons (Fsp3) is 0.684. The SMILES string of the molecule is CC(=O)NC(CS)C(=O)O.C[N+](C)(C)CCOP(=O)([O-])OP(=O)(O)OC[C@H]1O[C@@H](n2ccc(N)nc2=O)[C@H](O)[C@@H]1O. The van der Waals surface area contributed by atoms with Crippen molar-refractivity contribution in [3.8, 4) is 0 Å². The molecule has 7 N–H and O–H groups in total. The number of carbonyl (C=O) groups is 2. The number of nitrogens with zero attached hydrogens (tertiary/aromatic N) is 3. The summed E-state index contributed by atoms with van der Waals surface area (Å²) in [6, 6.07) is 0.383. The number of carboxylic acid groups (broad SMARTS) is 1. The Morgan fingerprint density at radius 3 is 2.37 bits per heavy atom. The molecule has 236 valence electrons. The van der Waals surface area contributed by atoms with Gasteiger partial charge in [0.05, 0.1) is 27.7 Å². The molecule has 0 radical (unpaired) electrons. The number of carbonyl (C=O) groups excluding carboxylic acids is 1. The number of amides is 1. The minimum Gasteiger partial charge on any atom is -0.756 e. The maximum atomic E-state index is 12.0. The van der Waals surface area contributed by atoms with Gasteiger partial charge in [0.1, 0.15) is 43.3 Å². The lowest BCUT2D eigenvalue weighted by molar-refractivity contribution is -0.870. The van der Waals surface area contributed by atoms with Crippen LogP contribution in [0.15, 0.2) is 17.1 Å². The molecule has 1 aliphatic heterocycles. The summed E-state index contributed by atoms with van der Waals surface area (Å²) in [5.74, 6) is -1.39. The second-order valence-corrected chi connectivity index (χ2v) is 12.9. The highest BCUT2D eigenvalue weighted by Gasteiger charge is 2.45. The predicted molar refractivity (Wildman–Crippen MR) is 141 cm³/mol. The van der Waals surface area contributed by atoms with E-state index in [1.54, 1.807) is 21.1 Å². The first-order valence-electron chi connectivity index (χ1n) is 11.6. The summed E-state index contributed by atoms with van der Waals surface area (Å²) in [5, 5.41) is 30.8. The minimum atomic E-state index is -5.18. The number of anilines is 1. The molecule has 1 aromatic heterocycles. The van der Waals surface area contributed by atoms with E-state index in [1.165, 1.54) is 19.2 Å². The maximum absolute atomic E-state index is 12.0. The number of phosphoric acid groups is 2. The lowest BCUT2D eigenvalue weighted by atomic mass is 10.1. The number of aliphatic carboxylic acids is 1. The van der Waals surface area contributed by atoms with Gasteiger partial charge in [0.2, 0.25) is 5.91 Å². The number of rotatable bonds is 13. The standard InChI is InChI=1S/C14H26N4O11P2.C5H9NO3S/c1-18(2,3)6-7-26-30(22,23)29-31(24,25)27-8-9-11(19)12(20)13(28-9)17-5-4-10(15)16-14(17)21;1-3(7)6-4(2-10)5(8)9/h4-5,9,11-13,19-20H,6-8H2,1-3H3,(H3-,15,16,21,22,23,24,25);4,10H,2H2,1H3,(H,6,7)(H,8,9)/t9-,11-,12-,13-;/m1./s1. The van der Waals surface area contributed by atoms with E-state index in [2.05, 4.69) is 36.3 Å². The fourth-order valence-corrected chi connectivity index (χ4v) is 5.19. The Labute approximate surface area is 240 Å². The summed E-state index contributed by atoms with van der Waals surface area (Å²) in [7, 11) is -5.01. The molecule has 0 saturated carbocycles. The number of aromatic nitrogens is 2. The first-order valence-corrected chi connectivity index (χ1v) is 15.2. The minimum absolute atomic E-state index is 0.0711. The number of phosphoric ester groups is 2. The number of nitrogens with one attached hydrogen (secondary N) is 1. The van der Waals surface area contributed by atoms with Gasteiger partial charge in [-0.1, -0.05) is 0 Å². The first kappa shape index (κ1) is 37.1. The Morgan fingerprint density at radius 2 is 1.90 bits per heavy atom. The number of aliphatic hydroxyl groups is 2. The van der Waals surface area contributed by atoms with Crippen LogP contribution in [-0.4, -0.2) is 117 Å². The van der Waals surface area contributed by atoms with Gasteiger partial charge in [-0.05, 0) is 6.07 Å². The number of quaternary nitrogens is 1. The normalized spacial score (nSPS) is 24.3. The molecule has 0 spiro atoms. The lowest BCUT2D eigenvalue weighted by Crippen LogP contribution is -2.40. The van der Waals surface area contributed by atoms with Crippen molar-refractivity contribution >= 4 is 46.0 Å². The third-order valence-electron chi connectivity index (χ3n) is 4.94. The molecule has 2 heterocycles. The van der Waals surface area contributed by atoms with Crippen molar-refractivity contribution in [1.29, 1.82) is 0 Å². The highest BCUT2D eigenvalue weighted by Crippen LogP contribution is 2.58. The molecule has 1 amide bonds. The van der Waals surface area contributed by atoms with E-state index in [1.807, 2.05) is 0 Å². The molecule has 2 rings (SSSR count). The summed E-state index contributed by atoms with van der Waals surface area (Å²) in [4.78, 5) is 57.3. The molecular weight excluding hydrogens is 616 g/mol. The Hall–Kier alpha value is -1.93. The predicted octanol–water partition coefficient (Wildman–Crippen LogP) is -2.72. The van der Waals surface area contributed by atoms with Crippen LogP contribution in [0.1, 0.15) is 13.2 Å². The van der Waals surface area contributed by atoms with Crippen LogP contribution in [-0.2, 0) is 36.8 Å². The van der Waals surface area contributed by atoms with Crippen molar-refractivity contribution in [3.05, 3.63) is 22.7 Å². The van der Waals surface area contributed by atoms with Crippen molar-refractivity contribution in [2.45, 2.75) is 37.5 Å². The smallest absolute Gasteiger partial charge is 0.478 e. The van der Waals surface area contributed by atoms with E-state index >= 15 is 0 Å². The van der Waals surface area contributed by atoms with Crippen LogP contribution in [0, 0.1) is 0 Å². The molecule has 41 heavy (non-hydrogen) atoms. The summed E-state index contributed by atoms with van der Waals surface area (Å²) >= 11 is 3.73. The second-order valence-electron chi connectivity index (χ2n) is 9.50. The van der Waals surface area contributed by atoms with Crippen molar-refractivity contribution in [2.24, 2.45) is 0 Å². The highest BCUT2D eigenvalue weighted by atomic mass is 32.1. The monoisotopic (exact) mass is 651 g/mol. The van der Waals surface area contributed by atoms with Crippen molar-refractivity contribution in [1.82, 2.24) is 14.9 Å². The van der Waals surface area contributed by atoms with Gasteiger partial charge in [0, 0.05) is 18.9 Å². The summed E-state index contributed by atoms with van der Waals surface area (Å²) in [5.41, 5.74) is 4.52. The van der Waals surface area contributed by atoms with Crippen LogP contribution in [0.4, 0.5) is 5.82 Å². The van der Waals surface area contributed by atoms with Gasteiger partial charge in [-0.25, -0.2) is 18.5 Å². The average molecular weight is 652 g/mol. The van der Waals surface area contributed by atoms with Crippen LogP contribution in [0.25, 0.3) is 0 Å². The van der Waals surface area contributed by atoms with Crippen molar-refractivity contribution in [2.75, 3.05) is 52.4 Å². The molecule has 1 aliphatic rings. The van der Waals surface area contributed by atoms with Crippen molar-refractivity contribution < 1.29 is 66.4 Å². The van der Waals surface area contributed by atoms with Crippen molar-refractivity contribution in [3.63, 3.8) is 0 Å². The number of thiol groups is 1. The van der Waals surface area contributed by atoms with Crippen LogP contribution in [0.5, 0.6) is 0 Å². The molecule has 1 saturated heterocycles. The Morgan fingerprint density at radius 1 is 1.29 bits per heavy atom. The molecule has 0 bridgehead atoms. The zero-order chi connectivity index (χ0) is 31.8. The maximum Gasteiger partial charge on any atom is 0.478 e. The third-order valence-corrected chi connectivity index (χ3v) is 7.90. The number of nitrogen functional groups attached to an aromatic ring is 1. The van der Waals surface area contributed by atoms with E-state index in [0.29, 0.717) is 4.48 Å². The van der Waals surface area contributed by atoms with Crippen LogP contribution in [0.3, 0.4) is 0 Å². The third kappa shape index (κ3) is 13.3. The number of aliphatic hydroxyl groups excluding tert-OH is 2. The number of nitrogens with two attached hydrogens (primary N) is 1. The van der Waals surface area contributed by atoms with Gasteiger partial charge in [-0.15, -0.1) is 0 Å². The quantitative estimate of drug-likeness (QED) is 0.0648. The Bertz CT molecular complexity index is 1200. The number of carboxylic acids is 1. The molecule has 1 fully saturated rings. The summed E-state index contributed by atoms with van der Waals surface area (Å²) in [6.45, 7) is 0.387. The fourth-order valence-electron chi connectivity index (χ4n) is 2.91. The largest absolute Gasteiger partial charge is 0.756 e. The number of hydrogen-bond donors (Lipinski definition) is 7. The van der Waals surface area contributed by atoms with E-state index < -0.39 is 64.5 Å². The van der Waals surface area contributed by atoms with E-state index in [9.17, 15) is 43.5 Å². The molecule has 1 aromatic rings. The Kier molecular flexibility index (Phi) is 14.0. The van der Waals surface area contributed by atoms with E-state index in [4.69, 9.17) is 15.6 Å². The molecule has 19 nitrogen and oxygen atoms in total. The summed E-state index contributed by atoms with van der Waals surface area (Å²) < 4.78 is 43.4. The van der Waals surface area contributed by atoms with Crippen LogP contribution in [0.2, 0.25) is 0 Å². The van der Waals surface area contributed by atoms with Gasteiger partial charge < -0.3 is 49.9 Å². The highest BCUT2D eigenvalue weighted by molar-refractivity contribution is 7.80. The van der Waals surface area contributed by atoms with Gasteiger partial charge in [0.25, 0.3) is 7.82 Å². The number of ether oxygens (including phenoxy) is 1. The molecule has 0 aromatic carbocycles. The van der Waals surface area contributed by atoms with Gasteiger partial charge in [-0.2, -0.15) is 17.6 Å². The molecule has 7 atom stereocenters. The molecule has 3 unspecified atom stereocenters. The number of hydrogen-bond acceptors (Lipinski definition) is 15. The Balaban J connectivity index is 0.000000716. The van der Waals surface area contributed by atoms with E-state index in [0.717, 1.165) is 4.57 Å². The lowest BCUT2D eigenvalue weighted by Gasteiger charge is -2.28. The molecule has 22 heteroatoms. The zero-order valence-electron chi connectivity index (χ0n) is 22.5. The topological polar surface area (TPSA) is 282 Å². The molecular formula is C19H35N5O14P2S. The zero-order valence-corrected chi connectivity index (χ0v) is 25.2. The number of likely N-dealkylation sites (N-methyl/N-ethyl adjacent to an activating group) is 1. The molecule has 0 aliphatic carbocycles. The van der Waals surface area contributed by atoms with Gasteiger partial charge in [0.15, 0.2) is 6.23 Å². The average Bonchev–Trinajstić information content (AvgIpc) is 3.08. The second kappa shape index (κ2) is 15.5. The van der Waals surface area contributed by atoms with Crippen LogP contribution >= 0.6 is 28.3 Å². The van der Waals surface area contributed by atoms with Gasteiger partial charge >= 0.3 is 19.5 Å². The van der Waals surface area contributed by atoms with E-state index in [-0.39, 0.29) is 30.6 Å². The first-order chi connectivity index (χ1) is 18.7. The van der Waals surface area contributed by atoms with Crippen LogP contribution < -0.4 is 21.6 Å². The van der Waals surface area contributed by atoms with Gasteiger partial charge in [-0.3, -0.25) is 18.5 Å².